The molecule has 0 saturated carbocycles. The summed E-state index contributed by atoms with van der Waals surface area (Å²) < 4.78 is 6.75. The Labute approximate surface area is 100 Å². The van der Waals surface area contributed by atoms with Gasteiger partial charge in [0.2, 0.25) is 0 Å². The molecule has 0 radical (unpaired) electrons. The van der Waals surface area contributed by atoms with E-state index in [0.717, 1.165) is 23.3 Å². The average molecular weight is 272 g/mol. The van der Waals surface area contributed by atoms with Crippen LogP contribution in [0.25, 0.3) is 0 Å². The number of halogens is 1. The van der Waals surface area contributed by atoms with E-state index in [4.69, 9.17) is 4.74 Å². The second kappa shape index (κ2) is 6.13. The van der Waals surface area contributed by atoms with Crippen molar-refractivity contribution in [1.29, 1.82) is 0 Å². The quantitative estimate of drug-likeness (QED) is 0.832. The molecule has 3 heteroatoms. The summed E-state index contributed by atoms with van der Waals surface area (Å²) >= 11 is 3.52. The molecule has 2 nitrogen and oxygen atoms in total. The summed E-state index contributed by atoms with van der Waals surface area (Å²) in [7, 11) is 0. The van der Waals surface area contributed by atoms with Crippen molar-refractivity contribution in [2.24, 2.45) is 0 Å². The first-order valence-corrected chi connectivity index (χ1v) is 6.04. The number of aryl methyl sites for hydroxylation is 2. The van der Waals surface area contributed by atoms with Crippen LogP contribution < -0.4 is 10.1 Å². The summed E-state index contributed by atoms with van der Waals surface area (Å²) in [5.74, 6) is 0.957. The van der Waals surface area contributed by atoms with E-state index in [2.05, 4.69) is 54.2 Å². The smallest absolute Gasteiger partial charge is 0.136 e. The lowest BCUT2D eigenvalue weighted by atomic mass is 10.1. The molecule has 84 valence electrons. The predicted molar refractivity (Wildman–Crippen MR) is 67.7 cm³/mol. The largest absolute Gasteiger partial charge is 0.491 e. The normalized spacial score (nSPS) is 10.4. The Morgan fingerprint density at radius 2 is 2.07 bits per heavy atom. The van der Waals surface area contributed by atoms with Gasteiger partial charge in [-0.3, -0.25) is 0 Å². The lowest BCUT2D eigenvalue weighted by molar-refractivity contribution is 0.311. The first kappa shape index (κ1) is 12.5. The molecule has 0 bridgehead atoms. The van der Waals surface area contributed by atoms with E-state index in [1.807, 2.05) is 0 Å². The number of benzene rings is 1. The first-order chi connectivity index (χ1) is 7.15. The van der Waals surface area contributed by atoms with Gasteiger partial charge in [0.15, 0.2) is 0 Å². The highest BCUT2D eigenvalue weighted by molar-refractivity contribution is 9.10. The Kier molecular flexibility index (Phi) is 5.12. The highest BCUT2D eigenvalue weighted by Gasteiger charge is 2.05. The third-order valence-electron chi connectivity index (χ3n) is 2.15. The van der Waals surface area contributed by atoms with Gasteiger partial charge < -0.3 is 10.1 Å². The van der Waals surface area contributed by atoms with Crippen LogP contribution in [-0.4, -0.2) is 19.7 Å². The van der Waals surface area contributed by atoms with Crippen LogP contribution in [0.5, 0.6) is 5.75 Å². The van der Waals surface area contributed by atoms with E-state index >= 15 is 0 Å². The molecule has 0 aliphatic carbocycles. The number of likely N-dealkylation sites (N-methyl/N-ethyl adjacent to an activating group) is 1. The van der Waals surface area contributed by atoms with Gasteiger partial charge in [0.1, 0.15) is 12.4 Å². The van der Waals surface area contributed by atoms with Crippen molar-refractivity contribution in [3.05, 3.63) is 27.7 Å². The van der Waals surface area contributed by atoms with Crippen molar-refractivity contribution < 1.29 is 4.74 Å². The molecule has 0 spiro atoms. The molecule has 15 heavy (non-hydrogen) atoms. The number of ether oxygens (including phenoxy) is 1. The van der Waals surface area contributed by atoms with E-state index in [1.165, 1.54) is 11.1 Å². The third kappa shape index (κ3) is 3.84. The first-order valence-electron chi connectivity index (χ1n) is 5.25. The Hall–Kier alpha value is -0.540. The molecule has 0 saturated heterocycles. The van der Waals surface area contributed by atoms with Gasteiger partial charge in [-0.1, -0.05) is 13.0 Å². The van der Waals surface area contributed by atoms with E-state index in [0.29, 0.717) is 6.61 Å². The molecule has 1 rings (SSSR count). The summed E-state index contributed by atoms with van der Waals surface area (Å²) in [6, 6.07) is 4.21. The second-order valence-corrected chi connectivity index (χ2v) is 4.45. The van der Waals surface area contributed by atoms with E-state index in [9.17, 15) is 0 Å². The molecule has 0 unspecified atom stereocenters. The molecule has 0 amide bonds. The Morgan fingerprint density at radius 1 is 1.33 bits per heavy atom. The predicted octanol–water partition coefficient (Wildman–Crippen LogP) is 3.05. The van der Waals surface area contributed by atoms with Gasteiger partial charge in [0, 0.05) is 6.54 Å². The standard InChI is InChI=1S/C12H18BrNO/c1-4-14-5-6-15-12-10(3)7-9(2)8-11(12)13/h7-8,14H,4-6H2,1-3H3. The highest BCUT2D eigenvalue weighted by atomic mass is 79.9. The minimum absolute atomic E-state index is 0.705. The van der Waals surface area contributed by atoms with Crippen molar-refractivity contribution in [3.8, 4) is 5.75 Å². The second-order valence-electron chi connectivity index (χ2n) is 3.59. The lowest BCUT2D eigenvalue weighted by Gasteiger charge is -2.12. The number of hydrogen-bond acceptors (Lipinski definition) is 2. The summed E-state index contributed by atoms with van der Waals surface area (Å²) in [5, 5.41) is 3.23. The maximum absolute atomic E-state index is 5.72. The fourth-order valence-electron chi connectivity index (χ4n) is 1.49. The zero-order valence-electron chi connectivity index (χ0n) is 9.56. The van der Waals surface area contributed by atoms with Gasteiger partial charge in [-0.15, -0.1) is 0 Å². The molecule has 1 aromatic carbocycles. The van der Waals surface area contributed by atoms with Gasteiger partial charge in [0.05, 0.1) is 4.47 Å². The Morgan fingerprint density at radius 3 is 2.67 bits per heavy atom. The van der Waals surface area contributed by atoms with Crippen LogP contribution in [0.15, 0.2) is 16.6 Å². The van der Waals surface area contributed by atoms with Gasteiger partial charge >= 0.3 is 0 Å². The molecule has 0 atom stereocenters. The van der Waals surface area contributed by atoms with Crippen molar-refractivity contribution >= 4 is 15.9 Å². The molecule has 0 aliphatic heterocycles. The van der Waals surface area contributed by atoms with Crippen LogP contribution in [0.2, 0.25) is 0 Å². The monoisotopic (exact) mass is 271 g/mol. The number of nitrogens with one attached hydrogen (secondary N) is 1. The van der Waals surface area contributed by atoms with Crippen LogP contribution in [0.4, 0.5) is 0 Å². The Balaban J connectivity index is 2.60. The molecular formula is C12H18BrNO. The van der Waals surface area contributed by atoms with Crippen molar-refractivity contribution in [2.45, 2.75) is 20.8 Å². The van der Waals surface area contributed by atoms with Crippen LogP contribution >= 0.6 is 15.9 Å². The molecule has 0 aromatic heterocycles. The maximum Gasteiger partial charge on any atom is 0.136 e. The number of hydrogen-bond donors (Lipinski definition) is 1. The average Bonchev–Trinajstić information content (AvgIpc) is 2.15. The highest BCUT2D eigenvalue weighted by Crippen LogP contribution is 2.29. The van der Waals surface area contributed by atoms with E-state index in [1.54, 1.807) is 0 Å². The fraction of sp³-hybridized carbons (Fsp3) is 0.500. The summed E-state index contributed by atoms with van der Waals surface area (Å²) in [4.78, 5) is 0. The summed E-state index contributed by atoms with van der Waals surface area (Å²) in [5.41, 5.74) is 2.43. The summed E-state index contributed by atoms with van der Waals surface area (Å²) in [6.07, 6.45) is 0. The molecule has 1 N–H and O–H groups in total. The molecule has 1 aromatic rings. The van der Waals surface area contributed by atoms with Crippen LogP contribution in [0, 0.1) is 13.8 Å². The zero-order chi connectivity index (χ0) is 11.3. The maximum atomic E-state index is 5.72. The minimum Gasteiger partial charge on any atom is -0.491 e. The van der Waals surface area contributed by atoms with E-state index < -0.39 is 0 Å². The van der Waals surface area contributed by atoms with Crippen LogP contribution in [0.1, 0.15) is 18.1 Å². The van der Waals surface area contributed by atoms with Gasteiger partial charge in [0.25, 0.3) is 0 Å². The fourth-order valence-corrected chi connectivity index (χ4v) is 2.28. The van der Waals surface area contributed by atoms with Gasteiger partial charge in [-0.25, -0.2) is 0 Å². The van der Waals surface area contributed by atoms with E-state index in [-0.39, 0.29) is 0 Å². The molecule has 0 fully saturated rings. The molecular weight excluding hydrogens is 254 g/mol. The van der Waals surface area contributed by atoms with Crippen molar-refractivity contribution in [1.82, 2.24) is 5.32 Å². The van der Waals surface area contributed by atoms with Gasteiger partial charge in [-0.2, -0.15) is 0 Å². The topological polar surface area (TPSA) is 21.3 Å². The van der Waals surface area contributed by atoms with Crippen LogP contribution in [-0.2, 0) is 0 Å². The number of rotatable bonds is 5. The molecule has 0 aliphatic rings. The van der Waals surface area contributed by atoms with Gasteiger partial charge in [-0.05, 0) is 53.5 Å². The lowest BCUT2D eigenvalue weighted by Crippen LogP contribution is -2.20. The minimum atomic E-state index is 0.705. The van der Waals surface area contributed by atoms with Crippen molar-refractivity contribution in [3.63, 3.8) is 0 Å². The summed E-state index contributed by atoms with van der Waals surface area (Å²) in [6.45, 7) is 8.82. The zero-order valence-corrected chi connectivity index (χ0v) is 11.1. The van der Waals surface area contributed by atoms with Crippen molar-refractivity contribution in [2.75, 3.05) is 19.7 Å². The van der Waals surface area contributed by atoms with Crippen LogP contribution in [0.3, 0.4) is 0 Å². The SMILES string of the molecule is CCNCCOc1c(C)cc(C)cc1Br. The molecule has 0 heterocycles. The Bertz CT molecular complexity index is 302. The third-order valence-corrected chi connectivity index (χ3v) is 2.74.